The summed E-state index contributed by atoms with van der Waals surface area (Å²) in [6, 6.07) is 6.67. The van der Waals surface area contributed by atoms with Gasteiger partial charge in [-0.2, -0.15) is 0 Å². The molecule has 5 heteroatoms. The fourth-order valence-corrected chi connectivity index (χ4v) is 3.07. The number of hydrogen-bond acceptors (Lipinski definition) is 3. The van der Waals surface area contributed by atoms with Crippen LogP contribution in [0.25, 0.3) is 0 Å². The minimum atomic E-state index is -3.38. The summed E-state index contributed by atoms with van der Waals surface area (Å²) in [6.07, 6.45) is 0. The molecule has 1 unspecified atom stereocenters. The van der Waals surface area contributed by atoms with Gasteiger partial charge in [0.2, 0.25) is 10.0 Å². The van der Waals surface area contributed by atoms with Gasteiger partial charge in [0.05, 0.1) is 4.90 Å². The third kappa shape index (κ3) is 3.54. The van der Waals surface area contributed by atoms with Crippen molar-refractivity contribution in [1.82, 2.24) is 4.31 Å². The van der Waals surface area contributed by atoms with Crippen LogP contribution in [0.2, 0.25) is 0 Å². The zero-order chi connectivity index (χ0) is 13.9. The smallest absolute Gasteiger partial charge is 0.242 e. The molecule has 1 atom stereocenters. The molecule has 0 saturated heterocycles. The monoisotopic (exact) mass is 270 g/mol. The molecule has 1 aromatic carbocycles. The third-order valence-electron chi connectivity index (χ3n) is 2.74. The Morgan fingerprint density at radius 3 is 2.06 bits per heavy atom. The van der Waals surface area contributed by atoms with E-state index in [-0.39, 0.29) is 6.04 Å². The van der Waals surface area contributed by atoms with E-state index in [0.717, 1.165) is 5.56 Å². The van der Waals surface area contributed by atoms with Crippen molar-refractivity contribution in [3.8, 4) is 0 Å². The molecular formula is C13H22N2O2S. The van der Waals surface area contributed by atoms with Gasteiger partial charge in [0, 0.05) is 19.6 Å². The van der Waals surface area contributed by atoms with Gasteiger partial charge in [0.1, 0.15) is 0 Å². The molecule has 0 aliphatic carbocycles. The van der Waals surface area contributed by atoms with Crippen LogP contribution in [0.4, 0.5) is 0 Å². The van der Waals surface area contributed by atoms with Crippen molar-refractivity contribution in [3.63, 3.8) is 0 Å². The number of rotatable bonds is 5. The van der Waals surface area contributed by atoms with Crippen molar-refractivity contribution in [2.24, 2.45) is 11.7 Å². The van der Waals surface area contributed by atoms with Crippen LogP contribution in [0.15, 0.2) is 29.2 Å². The summed E-state index contributed by atoms with van der Waals surface area (Å²) >= 11 is 0. The van der Waals surface area contributed by atoms with E-state index >= 15 is 0 Å². The molecule has 102 valence electrons. The van der Waals surface area contributed by atoms with E-state index in [0.29, 0.717) is 17.4 Å². The summed E-state index contributed by atoms with van der Waals surface area (Å²) in [4.78, 5) is 0.315. The Hall–Kier alpha value is -0.910. The van der Waals surface area contributed by atoms with Gasteiger partial charge in [-0.25, -0.2) is 12.7 Å². The molecule has 4 nitrogen and oxygen atoms in total. The maximum Gasteiger partial charge on any atom is 0.242 e. The Bertz CT molecular complexity index is 478. The van der Waals surface area contributed by atoms with Crippen LogP contribution in [0.3, 0.4) is 0 Å². The first-order chi connectivity index (χ1) is 8.25. The second-order valence-corrected chi connectivity index (χ2v) is 7.08. The van der Waals surface area contributed by atoms with Crippen LogP contribution in [0, 0.1) is 5.92 Å². The highest BCUT2D eigenvalue weighted by atomic mass is 32.2. The highest BCUT2D eigenvalue weighted by Gasteiger charge is 2.21. The third-order valence-corrected chi connectivity index (χ3v) is 4.57. The van der Waals surface area contributed by atoms with Gasteiger partial charge in [0.15, 0.2) is 0 Å². The molecule has 2 N–H and O–H groups in total. The maximum absolute atomic E-state index is 12.2. The van der Waals surface area contributed by atoms with Gasteiger partial charge >= 0.3 is 0 Å². The van der Waals surface area contributed by atoms with Gasteiger partial charge in [-0.05, 0) is 30.5 Å². The SMILES string of the molecule is CC(C)CN(C)S(=O)(=O)c1ccc(C(C)N)cc1. The molecule has 0 radical (unpaired) electrons. The zero-order valence-corrected chi connectivity index (χ0v) is 12.2. The van der Waals surface area contributed by atoms with Crippen molar-refractivity contribution >= 4 is 10.0 Å². The minimum absolute atomic E-state index is 0.0878. The largest absolute Gasteiger partial charge is 0.324 e. The Balaban J connectivity index is 2.98. The first kappa shape index (κ1) is 15.1. The fourth-order valence-electron chi connectivity index (χ4n) is 1.74. The molecule has 18 heavy (non-hydrogen) atoms. The van der Waals surface area contributed by atoms with Crippen molar-refractivity contribution in [2.75, 3.05) is 13.6 Å². The predicted octanol–water partition coefficient (Wildman–Crippen LogP) is 1.98. The molecule has 0 bridgehead atoms. The Morgan fingerprint density at radius 1 is 1.17 bits per heavy atom. The summed E-state index contributed by atoms with van der Waals surface area (Å²) < 4.78 is 25.9. The predicted molar refractivity (Wildman–Crippen MR) is 73.7 cm³/mol. The fraction of sp³-hybridized carbons (Fsp3) is 0.538. The van der Waals surface area contributed by atoms with E-state index in [9.17, 15) is 8.42 Å². The normalized spacial score (nSPS) is 14.2. The van der Waals surface area contributed by atoms with E-state index in [1.54, 1.807) is 31.3 Å². The quantitative estimate of drug-likeness (QED) is 0.890. The highest BCUT2D eigenvalue weighted by molar-refractivity contribution is 7.89. The number of hydrogen-bond donors (Lipinski definition) is 1. The van der Waals surface area contributed by atoms with E-state index in [4.69, 9.17) is 5.73 Å². The van der Waals surface area contributed by atoms with Gasteiger partial charge < -0.3 is 5.73 Å². The lowest BCUT2D eigenvalue weighted by atomic mass is 10.1. The van der Waals surface area contributed by atoms with Crippen LogP contribution in [0.1, 0.15) is 32.4 Å². The van der Waals surface area contributed by atoms with Crippen LogP contribution in [-0.2, 0) is 10.0 Å². The summed E-state index contributed by atoms with van der Waals surface area (Å²) in [5, 5.41) is 0. The highest BCUT2D eigenvalue weighted by Crippen LogP contribution is 2.18. The average molecular weight is 270 g/mol. The van der Waals surface area contributed by atoms with Crippen molar-refractivity contribution < 1.29 is 8.42 Å². The van der Waals surface area contributed by atoms with Gasteiger partial charge in [-0.1, -0.05) is 26.0 Å². The lowest BCUT2D eigenvalue weighted by Crippen LogP contribution is -2.30. The molecule has 1 rings (SSSR count). The van der Waals surface area contributed by atoms with Gasteiger partial charge in [-0.3, -0.25) is 0 Å². The summed E-state index contributed by atoms with van der Waals surface area (Å²) in [5.74, 6) is 0.299. The number of sulfonamides is 1. The standard InChI is InChI=1S/C13H22N2O2S/c1-10(2)9-15(4)18(16,17)13-7-5-12(6-8-13)11(3)14/h5-8,10-11H,9,14H2,1-4H3. The molecule has 0 spiro atoms. The second kappa shape index (κ2) is 5.82. The summed E-state index contributed by atoms with van der Waals surface area (Å²) in [7, 11) is -1.78. The first-order valence-corrected chi connectivity index (χ1v) is 7.51. The number of nitrogens with zero attached hydrogens (tertiary/aromatic N) is 1. The van der Waals surface area contributed by atoms with Crippen molar-refractivity contribution in [2.45, 2.75) is 31.7 Å². The molecular weight excluding hydrogens is 248 g/mol. The molecule has 1 aromatic rings. The summed E-state index contributed by atoms with van der Waals surface area (Å²) in [6.45, 7) is 6.36. The molecule has 0 saturated carbocycles. The van der Waals surface area contributed by atoms with E-state index < -0.39 is 10.0 Å². The molecule has 0 heterocycles. The van der Waals surface area contributed by atoms with E-state index in [1.165, 1.54) is 4.31 Å². The first-order valence-electron chi connectivity index (χ1n) is 6.07. The zero-order valence-electron chi connectivity index (χ0n) is 11.4. The summed E-state index contributed by atoms with van der Waals surface area (Å²) in [5.41, 5.74) is 6.67. The molecule has 0 fully saturated rings. The minimum Gasteiger partial charge on any atom is -0.324 e. The Labute approximate surface area is 110 Å². The van der Waals surface area contributed by atoms with Crippen LogP contribution in [0.5, 0.6) is 0 Å². The lowest BCUT2D eigenvalue weighted by Gasteiger charge is -2.19. The lowest BCUT2D eigenvalue weighted by molar-refractivity contribution is 0.417. The molecule has 0 amide bonds. The van der Waals surface area contributed by atoms with Crippen LogP contribution >= 0.6 is 0 Å². The van der Waals surface area contributed by atoms with Crippen molar-refractivity contribution in [1.29, 1.82) is 0 Å². The Morgan fingerprint density at radius 2 is 1.67 bits per heavy atom. The van der Waals surface area contributed by atoms with Crippen LogP contribution < -0.4 is 5.73 Å². The van der Waals surface area contributed by atoms with E-state index in [2.05, 4.69) is 0 Å². The number of nitrogens with two attached hydrogens (primary N) is 1. The second-order valence-electron chi connectivity index (χ2n) is 5.04. The van der Waals surface area contributed by atoms with E-state index in [1.807, 2.05) is 20.8 Å². The number of benzene rings is 1. The van der Waals surface area contributed by atoms with Gasteiger partial charge in [-0.15, -0.1) is 0 Å². The van der Waals surface area contributed by atoms with Crippen LogP contribution in [-0.4, -0.2) is 26.3 Å². The Kier molecular flexibility index (Phi) is 4.90. The molecule has 0 aromatic heterocycles. The molecule has 0 aliphatic rings. The van der Waals surface area contributed by atoms with Gasteiger partial charge in [0.25, 0.3) is 0 Å². The average Bonchev–Trinajstić information content (AvgIpc) is 2.28. The maximum atomic E-state index is 12.2. The molecule has 0 aliphatic heterocycles. The van der Waals surface area contributed by atoms with Crippen molar-refractivity contribution in [3.05, 3.63) is 29.8 Å². The topological polar surface area (TPSA) is 63.4 Å².